The summed E-state index contributed by atoms with van der Waals surface area (Å²) < 4.78 is 27.9. The Bertz CT molecular complexity index is 641. The second kappa shape index (κ2) is 6.86. The maximum Gasteiger partial charge on any atom is 0.127 e. The third-order valence-electron chi connectivity index (χ3n) is 3.22. The molecule has 1 N–H and O–H groups in total. The summed E-state index contributed by atoms with van der Waals surface area (Å²) in [5.74, 6) is -0.684. The van der Waals surface area contributed by atoms with Gasteiger partial charge in [-0.3, -0.25) is 0 Å². The summed E-state index contributed by atoms with van der Waals surface area (Å²) in [4.78, 5) is 0. The van der Waals surface area contributed by atoms with Gasteiger partial charge >= 0.3 is 0 Å². The van der Waals surface area contributed by atoms with Crippen LogP contribution in [0.15, 0.2) is 34.8 Å². The van der Waals surface area contributed by atoms with Crippen LogP contribution in [0.4, 0.5) is 8.78 Å². The molecule has 0 amide bonds. The first kappa shape index (κ1) is 16.4. The molecule has 0 aliphatic heterocycles. The molecule has 2 aromatic rings. The van der Waals surface area contributed by atoms with E-state index >= 15 is 0 Å². The third-order valence-corrected chi connectivity index (χ3v) is 4.00. The number of hydrogen-bond donors (Lipinski definition) is 1. The Morgan fingerprint density at radius 1 is 1.19 bits per heavy atom. The van der Waals surface area contributed by atoms with Crippen LogP contribution >= 0.6 is 27.5 Å². The lowest BCUT2D eigenvalue weighted by Crippen LogP contribution is -2.22. The molecule has 0 aromatic heterocycles. The highest BCUT2D eigenvalue weighted by molar-refractivity contribution is 9.10. The minimum Gasteiger partial charge on any atom is -0.306 e. The molecule has 112 valence electrons. The van der Waals surface area contributed by atoms with Crippen LogP contribution in [0, 0.1) is 18.6 Å². The van der Waals surface area contributed by atoms with E-state index in [1.54, 1.807) is 13.0 Å². The van der Waals surface area contributed by atoms with E-state index in [1.165, 1.54) is 18.2 Å². The summed E-state index contributed by atoms with van der Waals surface area (Å²) in [6.07, 6.45) is 0. The topological polar surface area (TPSA) is 12.0 Å². The smallest absolute Gasteiger partial charge is 0.127 e. The van der Waals surface area contributed by atoms with Gasteiger partial charge in [0, 0.05) is 9.50 Å². The predicted octanol–water partition coefficient (Wildman–Crippen LogP) is 5.39. The molecule has 2 aromatic carbocycles. The van der Waals surface area contributed by atoms with Crippen LogP contribution < -0.4 is 5.32 Å². The van der Waals surface area contributed by atoms with Crippen LogP contribution in [0.1, 0.15) is 29.7 Å². The zero-order chi connectivity index (χ0) is 15.6. The Morgan fingerprint density at radius 2 is 1.90 bits per heavy atom. The van der Waals surface area contributed by atoms with Crippen LogP contribution in [0.2, 0.25) is 5.02 Å². The molecule has 21 heavy (non-hydrogen) atoms. The molecular weight excluding hydrogens is 360 g/mol. The number of hydrogen-bond acceptors (Lipinski definition) is 1. The molecule has 0 fully saturated rings. The Labute approximate surface area is 136 Å². The lowest BCUT2D eigenvalue weighted by Gasteiger charge is -2.21. The number of nitrogens with one attached hydrogen (secondary N) is 1. The number of rotatable bonds is 4. The monoisotopic (exact) mass is 373 g/mol. The number of benzene rings is 2. The Kier molecular flexibility index (Phi) is 5.36. The summed E-state index contributed by atoms with van der Waals surface area (Å²) in [5.41, 5.74) is 1.97. The van der Waals surface area contributed by atoms with Gasteiger partial charge < -0.3 is 5.32 Å². The third kappa shape index (κ3) is 3.82. The summed E-state index contributed by atoms with van der Waals surface area (Å²) >= 11 is 9.46. The van der Waals surface area contributed by atoms with Crippen molar-refractivity contribution in [3.05, 3.63) is 68.2 Å². The van der Waals surface area contributed by atoms with Crippen molar-refractivity contribution in [3.8, 4) is 0 Å². The minimum atomic E-state index is -0.348. The van der Waals surface area contributed by atoms with Gasteiger partial charge in [-0.2, -0.15) is 0 Å². The number of aryl methyl sites for hydroxylation is 1. The maximum atomic E-state index is 13.6. The Hall–Kier alpha value is -0.970. The van der Waals surface area contributed by atoms with Gasteiger partial charge in [-0.15, -0.1) is 0 Å². The van der Waals surface area contributed by atoms with E-state index in [-0.39, 0.29) is 17.7 Å². The van der Waals surface area contributed by atoms with Gasteiger partial charge in [0.05, 0.1) is 6.04 Å². The molecule has 2 rings (SSSR count). The average molecular weight is 375 g/mol. The highest BCUT2D eigenvalue weighted by Gasteiger charge is 2.19. The quantitative estimate of drug-likeness (QED) is 0.757. The van der Waals surface area contributed by atoms with Crippen LogP contribution in [0.3, 0.4) is 0 Å². The fourth-order valence-corrected chi connectivity index (χ4v) is 3.00. The van der Waals surface area contributed by atoms with E-state index in [2.05, 4.69) is 21.2 Å². The summed E-state index contributed by atoms with van der Waals surface area (Å²) in [6.45, 7) is 4.30. The van der Waals surface area contributed by atoms with Gasteiger partial charge in [0.2, 0.25) is 0 Å². The summed E-state index contributed by atoms with van der Waals surface area (Å²) in [6, 6.07) is 7.37. The fourth-order valence-electron chi connectivity index (χ4n) is 2.25. The van der Waals surface area contributed by atoms with E-state index in [9.17, 15) is 8.78 Å². The normalized spacial score (nSPS) is 12.5. The van der Waals surface area contributed by atoms with Crippen LogP contribution in [-0.4, -0.2) is 6.54 Å². The molecule has 0 saturated heterocycles. The van der Waals surface area contributed by atoms with Crippen LogP contribution in [-0.2, 0) is 0 Å². The van der Waals surface area contributed by atoms with Gasteiger partial charge in [0.25, 0.3) is 0 Å². The van der Waals surface area contributed by atoms with E-state index in [0.717, 1.165) is 11.1 Å². The molecular formula is C16H15BrClF2N. The van der Waals surface area contributed by atoms with Gasteiger partial charge in [0.15, 0.2) is 0 Å². The molecule has 0 saturated carbocycles. The van der Waals surface area contributed by atoms with Crippen molar-refractivity contribution in [2.24, 2.45) is 0 Å². The van der Waals surface area contributed by atoms with Gasteiger partial charge in [-0.05, 0) is 60.5 Å². The first-order chi connectivity index (χ1) is 9.92. The van der Waals surface area contributed by atoms with Crippen molar-refractivity contribution < 1.29 is 8.78 Å². The van der Waals surface area contributed by atoms with Crippen molar-refractivity contribution in [3.63, 3.8) is 0 Å². The van der Waals surface area contributed by atoms with Gasteiger partial charge in [-0.25, -0.2) is 8.78 Å². The van der Waals surface area contributed by atoms with Crippen molar-refractivity contribution >= 4 is 27.5 Å². The van der Waals surface area contributed by atoms with E-state index in [4.69, 9.17) is 11.6 Å². The van der Waals surface area contributed by atoms with Gasteiger partial charge in [0.1, 0.15) is 11.6 Å². The van der Waals surface area contributed by atoms with Crippen molar-refractivity contribution in [2.45, 2.75) is 19.9 Å². The second-order valence-corrected chi connectivity index (χ2v) is 6.14. The van der Waals surface area contributed by atoms with E-state index in [1.807, 2.05) is 13.0 Å². The largest absolute Gasteiger partial charge is 0.306 e. The number of halogens is 4. The molecule has 0 spiro atoms. The lowest BCUT2D eigenvalue weighted by molar-refractivity contribution is 0.595. The SMILES string of the molecule is CCNC(c1cc(F)cc(Br)c1)c1cc(C)c(F)cc1Cl. The Morgan fingerprint density at radius 3 is 2.52 bits per heavy atom. The van der Waals surface area contributed by atoms with E-state index < -0.39 is 0 Å². The summed E-state index contributed by atoms with van der Waals surface area (Å²) in [7, 11) is 0. The molecule has 0 aliphatic carbocycles. The zero-order valence-corrected chi connectivity index (χ0v) is 14.0. The maximum absolute atomic E-state index is 13.6. The molecule has 0 bridgehead atoms. The van der Waals surface area contributed by atoms with Crippen LogP contribution in [0.5, 0.6) is 0 Å². The van der Waals surface area contributed by atoms with Crippen LogP contribution in [0.25, 0.3) is 0 Å². The molecule has 1 nitrogen and oxygen atoms in total. The first-order valence-electron chi connectivity index (χ1n) is 6.57. The lowest BCUT2D eigenvalue weighted by atomic mass is 9.97. The molecule has 1 unspecified atom stereocenters. The van der Waals surface area contributed by atoms with Gasteiger partial charge in [-0.1, -0.05) is 34.5 Å². The van der Waals surface area contributed by atoms with E-state index in [0.29, 0.717) is 21.6 Å². The van der Waals surface area contributed by atoms with Crippen molar-refractivity contribution in [2.75, 3.05) is 6.54 Å². The first-order valence-corrected chi connectivity index (χ1v) is 7.74. The minimum absolute atomic E-state index is 0.297. The van der Waals surface area contributed by atoms with Crippen molar-refractivity contribution in [1.29, 1.82) is 0 Å². The second-order valence-electron chi connectivity index (χ2n) is 4.82. The molecule has 0 aliphatic rings. The Balaban J connectivity index is 2.55. The average Bonchev–Trinajstić information content (AvgIpc) is 2.39. The highest BCUT2D eigenvalue weighted by Crippen LogP contribution is 2.32. The van der Waals surface area contributed by atoms with Crippen molar-refractivity contribution in [1.82, 2.24) is 5.32 Å². The highest BCUT2D eigenvalue weighted by atomic mass is 79.9. The molecule has 0 radical (unpaired) electrons. The fraction of sp³-hybridized carbons (Fsp3) is 0.250. The zero-order valence-electron chi connectivity index (χ0n) is 11.7. The molecule has 5 heteroatoms. The standard InChI is InChI=1S/C16H15BrClF2N/c1-3-21-16(10-5-11(17)7-12(19)6-10)13-4-9(2)15(20)8-14(13)18/h4-8,16,21H,3H2,1-2H3. The molecule has 0 heterocycles. The summed E-state index contributed by atoms with van der Waals surface area (Å²) in [5, 5.41) is 3.59. The molecule has 1 atom stereocenters. The predicted molar refractivity (Wildman–Crippen MR) is 85.8 cm³/mol.